The Hall–Kier alpha value is -3.47. The van der Waals surface area contributed by atoms with Crippen molar-refractivity contribution >= 4 is 56.8 Å². The molecular weight excluding hydrogens is 565 g/mol. The van der Waals surface area contributed by atoms with Gasteiger partial charge < -0.3 is 29.0 Å². The Morgan fingerprint density at radius 1 is 1.00 bits per heavy atom. The van der Waals surface area contributed by atoms with Gasteiger partial charge in [0.05, 0.1) is 18.7 Å². The van der Waals surface area contributed by atoms with Gasteiger partial charge in [0, 0.05) is 20.3 Å². The van der Waals surface area contributed by atoms with E-state index in [2.05, 4.69) is 0 Å². The van der Waals surface area contributed by atoms with Gasteiger partial charge in [-0.2, -0.15) is 0 Å². The van der Waals surface area contributed by atoms with Crippen molar-refractivity contribution < 1.29 is 24.5 Å². The average Bonchev–Trinajstić information content (AvgIpc) is 2.92. The van der Waals surface area contributed by atoms with Crippen LogP contribution in [0, 0.1) is 0 Å². The Bertz CT molecular complexity index is 1800. The molecule has 3 N–H and O–H groups in total. The first-order chi connectivity index (χ1) is 18.7. The predicted octanol–water partition coefficient (Wildman–Crippen LogP) is 5.05. The van der Waals surface area contributed by atoms with Crippen molar-refractivity contribution in [3.8, 4) is 11.5 Å². The van der Waals surface area contributed by atoms with E-state index in [1.165, 1.54) is 4.57 Å². The minimum absolute atomic E-state index is 0.0351. The standard InChI is InChI=1S/C28H21Cl2NO7S/c29-16-2-1-3-20(10-16)39-26-24(34)23-25(38-28(26)36)21-9-6-17(30)11-22(21)31(27(23)35)12-15-4-7-19(8-5-15)37-14-18(33)13-32/h1-11,18,32-34H,12-14H2. The van der Waals surface area contributed by atoms with E-state index in [0.29, 0.717) is 31.6 Å². The van der Waals surface area contributed by atoms with Crippen LogP contribution >= 0.6 is 35.0 Å². The van der Waals surface area contributed by atoms with Crippen LogP contribution in [-0.4, -0.2) is 39.2 Å². The minimum Gasteiger partial charge on any atom is -0.505 e. The number of aliphatic hydroxyl groups is 2. The molecule has 5 rings (SSSR count). The first-order valence-corrected chi connectivity index (χ1v) is 13.3. The first kappa shape index (κ1) is 27.1. The molecule has 39 heavy (non-hydrogen) atoms. The van der Waals surface area contributed by atoms with Gasteiger partial charge in [-0.3, -0.25) is 4.79 Å². The summed E-state index contributed by atoms with van der Waals surface area (Å²) in [4.78, 5) is 27.2. The maximum Gasteiger partial charge on any atom is 0.354 e. The fraction of sp³-hybridized carbons (Fsp3) is 0.143. The van der Waals surface area contributed by atoms with Crippen LogP contribution in [0.5, 0.6) is 11.5 Å². The van der Waals surface area contributed by atoms with E-state index in [1.807, 2.05) is 0 Å². The number of nitrogens with zero attached hydrogens (tertiary/aromatic N) is 1. The summed E-state index contributed by atoms with van der Waals surface area (Å²) in [6, 6.07) is 18.4. The molecule has 2 heterocycles. The van der Waals surface area contributed by atoms with E-state index >= 15 is 0 Å². The summed E-state index contributed by atoms with van der Waals surface area (Å²) >= 11 is 13.3. The molecule has 1 unspecified atom stereocenters. The van der Waals surface area contributed by atoms with Crippen molar-refractivity contribution in [1.29, 1.82) is 0 Å². The summed E-state index contributed by atoms with van der Waals surface area (Å²) in [5.41, 5.74) is -0.241. The summed E-state index contributed by atoms with van der Waals surface area (Å²) in [5, 5.41) is 30.8. The molecule has 3 aromatic carbocycles. The fourth-order valence-electron chi connectivity index (χ4n) is 4.07. The van der Waals surface area contributed by atoms with Crippen LogP contribution in [0.4, 0.5) is 0 Å². The Labute approximate surface area is 235 Å². The van der Waals surface area contributed by atoms with Gasteiger partial charge in [-0.1, -0.05) is 53.2 Å². The van der Waals surface area contributed by atoms with Crippen LogP contribution in [0.2, 0.25) is 10.0 Å². The minimum atomic E-state index is -0.994. The van der Waals surface area contributed by atoms with Crippen molar-refractivity contribution in [3.05, 3.63) is 103 Å². The van der Waals surface area contributed by atoms with Gasteiger partial charge in [0.1, 0.15) is 28.7 Å². The molecule has 0 radical (unpaired) electrons. The number of hydrogen-bond acceptors (Lipinski definition) is 8. The van der Waals surface area contributed by atoms with Crippen LogP contribution < -0.4 is 15.9 Å². The maximum atomic E-state index is 13.8. The molecule has 11 heteroatoms. The zero-order valence-electron chi connectivity index (χ0n) is 20.1. The van der Waals surface area contributed by atoms with Crippen molar-refractivity contribution in [2.24, 2.45) is 0 Å². The fourth-order valence-corrected chi connectivity index (χ4v) is 5.39. The first-order valence-electron chi connectivity index (χ1n) is 11.7. The molecule has 0 bridgehead atoms. The van der Waals surface area contributed by atoms with E-state index in [1.54, 1.807) is 66.7 Å². The van der Waals surface area contributed by atoms with Crippen LogP contribution in [0.1, 0.15) is 5.56 Å². The topological polar surface area (TPSA) is 122 Å². The summed E-state index contributed by atoms with van der Waals surface area (Å²) < 4.78 is 12.5. The second-order valence-corrected chi connectivity index (χ2v) is 10.6. The molecule has 0 spiro atoms. The molecule has 0 saturated heterocycles. The number of hydrogen-bond donors (Lipinski definition) is 3. The second-order valence-electron chi connectivity index (χ2n) is 8.67. The highest BCUT2D eigenvalue weighted by Crippen LogP contribution is 2.38. The molecule has 0 fully saturated rings. The Morgan fingerprint density at radius 2 is 1.74 bits per heavy atom. The lowest BCUT2D eigenvalue weighted by molar-refractivity contribution is 0.0536. The maximum absolute atomic E-state index is 13.8. The normalized spacial score (nSPS) is 12.2. The zero-order valence-corrected chi connectivity index (χ0v) is 22.5. The number of aliphatic hydroxyl groups excluding tert-OH is 2. The summed E-state index contributed by atoms with van der Waals surface area (Å²) in [6.07, 6.45) is -0.994. The third kappa shape index (κ3) is 5.63. The van der Waals surface area contributed by atoms with E-state index in [-0.39, 0.29) is 29.0 Å². The lowest BCUT2D eigenvalue weighted by Gasteiger charge is -2.15. The number of aromatic hydroxyl groups is 1. The van der Waals surface area contributed by atoms with Crippen molar-refractivity contribution in [2.45, 2.75) is 22.4 Å². The van der Waals surface area contributed by atoms with Gasteiger partial charge in [-0.15, -0.1) is 0 Å². The predicted molar refractivity (Wildman–Crippen MR) is 151 cm³/mol. The van der Waals surface area contributed by atoms with Gasteiger partial charge in [-0.25, -0.2) is 4.79 Å². The molecule has 0 aliphatic carbocycles. The van der Waals surface area contributed by atoms with Gasteiger partial charge in [0.25, 0.3) is 5.56 Å². The monoisotopic (exact) mass is 585 g/mol. The molecule has 0 aliphatic heterocycles. The van der Waals surface area contributed by atoms with Crippen LogP contribution in [-0.2, 0) is 6.54 Å². The van der Waals surface area contributed by atoms with E-state index in [4.69, 9.17) is 37.5 Å². The largest absolute Gasteiger partial charge is 0.505 e. The molecule has 8 nitrogen and oxygen atoms in total. The summed E-state index contributed by atoms with van der Waals surface area (Å²) in [7, 11) is 0. The Kier molecular flexibility index (Phi) is 7.88. The van der Waals surface area contributed by atoms with E-state index in [9.17, 15) is 19.8 Å². The average molecular weight is 586 g/mol. The van der Waals surface area contributed by atoms with Crippen LogP contribution in [0.3, 0.4) is 0 Å². The lowest BCUT2D eigenvalue weighted by atomic mass is 10.1. The number of benzene rings is 3. The third-order valence-corrected chi connectivity index (χ3v) is 7.47. The van der Waals surface area contributed by atoms with E-state index in [0.717, 1.165) is 17.3 Å². The van der Waals surface area contributed by atoms with Gasteiger partial charge in [0.15, 0.2) is 11.3 Å². The molecule has 200 valence electrons. The number of aromatic nitrogens is 1. The zero-order chi connectivity index (χ0) is 27.7. The molecule has 1 atom stereocenters. The Balaban J connectivity index is 1.62. The molecule has 5 aromatic rings. The highest BCUT2D eigenvalue weighted by atomic mass is 35.5. The molecule has 0 saturated carbocycles. The summed E-state index contributed by atoms with van der Waals surface area (Å²) in [5.74, 6) is 0.000118. The number of halogens is 2. The smallest absolute Gasteiger partial charge is 0.354 e. The van der Waals surface area contributed by atoms with Crippen LogP contribution in [0.25, 0.3) is 21.9 Å². The molecule has 0 amide bonds. The number of pyridine rings is 1. The third-order valence-electron chi connectivity index (χ3n) is 5.95. The van der Waals surface area contributed by atoms with Crippen LogP contribution in [0.15, 0.2) is 90.5 Å². The van der Waals surface area contributed by atoms with Crippen molar-refractivity contribution in [3.63, 3.8) is 0 Å². The van der Waals surface area contributed by atoms with Crippen molar-refractivity contribution in [1.82, 2.24) is 4.57 Å². The number of rotatable bonds is 8. The SMILES string of the molecule is O=c1oc2c(c(O)c1Sc1cccc(Cl)c1)c(=O)n(Cc1ccc(OCC(O)CO)cc1)c1cc(Cl)ccc21. The van der Waals surface area contributed by atoms with Crippen molar-refractivity contribution in [2.75, 3.05) is 13.2 Å². The molecular formula is C28H21Cl2NO7S. The van der Waals surface area contributed by atoms with Gasteiger partial charge >= 0.3 is 5.63 Å². The lowest BCUT2D eigenvalue weighted by Crippen LogP contribution is -2.23. The number of fused-ring (bicyclic) bond motifs is 3. The summed E-state index contributed by atoms with van der Waals surface area (Å²) in [6.45, 7) is -0.367. The quantitative estimate of drug-likeness (QED) is 0.216. The molecule has 0 aliphatic rings. The highest BCUT2D eigenvalue weighted by molar-refractivity contribution is 7.99. The number of ether oxygens (including phenoxy) is 1. The second kappa shape index (κ2) is 11.3. The Morgan fingerprint density at radius 3 is 2.46 bits per heavy atom. The highest BCUT2D eigenvalue weighted by Gasteiger charge is 2.23. The van der Waals surface area contributed by atoms with E-state index < -0.39 is 29.6 Å². The molecule has 2 aromatic heterocycles. The van der Waals surface area contributed by atoms with Gasteiger partial charge in [0.2, 0.25) is 0 Å². The van der Waals surface area contributed by atoms with Gasteiger partial charge in [-0.05, 0) is 54.1 Å².